The maximum atomic E-state index is 5.64. The van der Waals surface area contributed by atoms with Crippen molar-refractivity contribution in [1.29, 1.82) is 0 Å². The minimum Gasteiger partial charge on any atom is -0.381 e. The molecule has 1 fully saturated rings. The molecule has 2 rings (SSSR count). The average Bonchev–Trinajstić information content (AvgIpc) is 2.88. The molecule has 0 bridgehead atoms. The Morgan fingerprint density at radius 2 is 2.11 bits per heavy atom. The SMILES string of the molecule is Cc1ccc(N(CCCN)CC2CCOC2)cc1. The van der Waals surface area contributed by atoms with Crippen molar-refractivity contribution in [1.82, 2.24) is 0 Å². The van der Waals surface area contributed by atoms with Crippen molar-refractivity contribution in [3.05, 3.63) is 29.8 Å². The largest absolute Gasteiger partial charge is 0.381 e. The highest BCUT2D eigenvalue weighted by Crippen LogP contribution is 2.20. The van der Waals surface area contributed by atoms with Crippen LogP contribution >= 0.6 is 0 Å². The maximum Gasteiger partial charge on any atom is 0.0512 e. The summed E-state index contributed by atoms with van der Waals surface area (Å²) in [6.07, 6.45) is 2.23. The third-order valence-corrected chi connectivity index (χ3v) is 3.53. The number of nitrogens with two attached hydrogens (primary N) is 1. The van der Waals surface area contributed by atoms with Gasteiger partial charge in [-0.25, -0.2) is 0 Å². The summed E-state index contributed by atoms with van der Waals surface area (Å²) in [7, 11) is 0. The Bertz CT molecular complexity index is 344. The van der Waals surface area contributed by atoms with Crippen LogP contribution in [0, 0.1) is 12.8 Å². The topological polar surface area (TPSA) is 38.5 Å². The number of hydrogen-bond acceptors (Lipinski definition) is 3. The van der Waals surface area contributed by atoms with Gasteiger partial charge in [0.05, 0.1) is 6.61 Å². The van der Waals surface area contributed by atoms with Crippen LogP contribution in [0.2, 0.25) is 0 Å². The number of aryl methyl sites for hydroxylation is 1. The van der Waals surface area contributed by atoms with E-state index < -0.39 is 0 Å². The summed E-state index contributed by atoms with van der Waals surface area (Å²) in [5.74, 6) is 0.670. The Morgan fingerprint density at radius 3 is 2.72 bits per heavy atom. The van der Waals surface area contributed by atoms with E-state index in [1.165, 1.54) is 17.7 Å². The molecule has 0 aromatic heterocycles. The molecule has 1 heterocycles. The zero-order valence-electron chi connectivity index (χ0n) is 11.3. The van der Waals surface area contributed by atoms with E-state index in [9.17, 15) is 0 Å². The minimum absolute atomic E-state index is 0.670. The van der Waals surface area contributed by atoms with Gasteiger partial charge in [0.1, 0.15) is 0 Å². The van der Waals surface area contributed by atoms with Crippen LogP contribution < -0.4 is 10.6 Å². The van der Waals surface area contributed by atoms with E-state index in [4.69, 9.17) is 10.5 Å². The molecule has 18 heavy (non-hydrogen) atoms. The van der Waals surface area contributed by atoms with E-state index >= 15 is 0 Å². The quantitative estimate of drug-likeness (QED) is 0.838. The lowest BCUT2D eigenvalue weighted by Crippen LogP contribution is -2.31. The second-order valence-corrected chi connectivity index (χ2v) is 5.15. The molecule has 1 aromatic rings. The number of ether oxygens (including phenoxy) is 1. The number of anilines is 1. The van der Waals surface area contributed by atoms with Gasteiger partial charge in [-0.1, -0.05) is 17.7 Å². The summed E-state index contributed by atoms with van der Waals surface area (Å²) in [6, 6.07) is 8.77. The van der Waals surface area contributed by atoms with Gasteiger partial charge in [0.15, 0.2) is 0 Å². The fraction of sp³-hybridized carbons (Fsp3) is 0.600. The molecule has 1 aromatic carbocycles. The number of benzene rings is 1. The molecule has 0 radical (unpaired) electrons. The predicted octanol–water partition coefficient (Wildman–Crippen LogP) is 2.19. The van der Waals surface area contributed by atoms with Crippen LogP contribution in [0.5, 0.6) is 0 Å². The first-order chi connectivity index (χ1) is 8.79. The standard InChI is InChI=1S/C15H24N2O/c1-13-3-5-15(6-4-13)17(9-2-8-16)11-14-7-10-18-12-14/h3-6,14H,2,7-12,16H2,1H3. The fourth-order valence-corrected chi connectivity index (χ4v) is 2.40. The van der Waals surface area contributed by atoms with Gasteiger partial charge in [0.25, 0.3) is 0 Å². The van der Waals surface area contributed by atoms with E-state index in [0.717, 1.165) is 39.3 Å². The molecule has 3 nitrogen and oxygen atoms in total. The average molecular weight is 248 g/mol. The summed E-state index contributed by atoms with van der Waals surface area (Å²) in [5, 5.41) is 0. The lowest BCUT2D eigenvalue weighted by molar-refractivity contribution is 0.186. The van der Waals surface area contributed by atoms with Gasteiger partial charge in [-0.05, 0) is 38.4 Å². The maximum absolute atomic E-state index is 5.64. The van der Waals surface area contributed by atoms with Gasteiger partial charge >= 0.3 is 0 Å². The van der Waals surface area contributed by atoms with Crippen LogP contribution in [0.1, 0.15) is 18.4 Å². The molecule has 1 saturated heterocycles. The van der Waals surface area contributed by atoms with Crippen molar-refractivity contribution in [2.75, 3.05) is 37.7 Å². The van der Waals surface area contributed by atoms with Gasteiger partial charge in [-0.15, -0.1) is 0 Å². The molecule has 100 valence electrons. The monoisotopic (exact) mass is 248 g/mol. The molecule has 0 aliphatic carbocycles. The summed E-state index contributed by atoms with van der Waals surface area (Å²) in [6.45, 7) is 6.83. The molecule has 0 spiro atoms. The number of hydrogen-bond donors (Lipinski definition) is 1. The highest BCUT2D eigenvalue weighted by molar-refractivity contribution is 5.47. The second-order valence-electron chi connectivity index (χ2n) is 5.15. The highest BCUT2D eigenvalue weighted by Gasteiger charge is 2.19. The lowest BCUT2D eigenvalue weighted by Gasteiger charge is -2.27. The van der Waals surface area contributed by atoms with Gasteiger partial charge in [-0.3, -0.25) is 0 Å². The lowest BCUT2D eigenvalue weighted by atomic mass is 10.1. The van der Waals surface area contributed by atoms with Crippen molar-refractivity contribution >= 4 is 5.69 Å². The highest BCUT2D eigenvalue weighted by atomic mass is 16.5. The van der Waals surface area contributed by atoms with Crippen LogP contribution in [-0.2, 0) is 4.74 Å². The van der Waals surface area contributed by atoms with Crippen LogP contribution in [0.25, 0.3) is 0 Å². The van der Waals surface area contributed by atoms with E-state index in [1.807, 2.05) is 0 Å². The molecule has 1 aliphatic rings. The fourth-order valence-electron chi connectivity index (χ4n) is 2.40. The molecule has 0 amide bonds. The van der Waals surface area contributed by atoms with Crippen LogP contribution in [0.15, 0.2) is 24.3 Å². The van der Waals surface area contributed by atoms with Crippen molar-refractivity contribution in [2.24, 2.45) is 11.7 Å². The first-order valence-electron chi connectivity index (χ1n) is 6.89. The molecular formula is C15H24N2O. The Morgan fingerprint density at radius 1 is 1.33 bits per heavy atom. The van der Waals surface area contributed by atoms with Crippen LogP contribution in [0.3, 0.4) is 0 Å². The predicted molar refractivity (Wildman–Crippen MR) is 76.0 cm³/mol. The van der Waals surface area contributed by atoms with E-state index in [2.05, 4.69) is 36.1 Å². The molecule has 3 heteroatoms. The number of nitrogens with zero attached hydrogens (tertiary/aromatic N) is 1. The molecule has 2 N–H and O–H groups in total. The summed E-state index contributed by atoms with van der Waals surface area (Å²) in [4.78, 5) is 2.45. The van der Waals surface area contributed by atoms with E-state index in [1.54, 1.807) is 0 Å². The smallest absolute Gasteiger partial charge is 0.0512 e. The summed E-state index contributed by atoms with van der Waals surface area (Å²) >= 11 is 0. The molecule has 0 saturated carbocycles. The van der Waals surface area contributed by atoms with E-state index in [0.29, 0.717) is 5.92 Å². The van der Waals surface area contributed by atoms with Crippen LogP contribution in [-0.4, -0.2) is 32.8 Å². The van der Waals surface area contributed by atoms with Gasteiger partial charge in [-0.2, -0.15) is 0 Å². The second kappa shape index (κ2) is 6.76. The molecular weight excluding hydrogens is 224 g/mol. The first-order valence-corrected chi connectivity index (χ1v) is 6.89. The zero-order valence-corrected chi connectivity index (χ0v) is 11.3. The Balaban J connectivity index is 2.00. The third kappa shape index (κ3) is 3.72. The van der Waals surface area contributed by atoms with Crippen LogP contribution in [0.4, 0.5) is 5.69 Å². The first kappa shape index (κ1) is 13.4. The van der Waals surface area contributed by atoms with E-state index in [-0.39, 0.29) is 0 Å². The third-order valence-electron chi connectivity index (χ3n) is 3.53. The summed E-state index contributed by atoms with van der Waals surface area (Å²) < 4.78 is 5.47. The van der Waals surface area contributed by atoms with Gasteiger partial charge < -0.3 is 15.4 Å². The Kier molecular flexibility index (Phi) is 5.02. The van der Waals surface area contributed by atoms with Crippen molar-refractivity contribution in [3.63, 3.8) is 0 Å². The van der Waals surface area contributed by atoms with Gasteiger partial charge in [0.2, 0.25) is 0 Å². The molecule has 1 aliphatic heterocycles. The molecule has 1 atom stereocenters. The number of rotatable bonds is 6. The van der Waals surface area contributed by atoms with Crippen molar-refractivity contribution in [3.8, 4) is 0 Å². The minimum atomic E-state index is 0.670. The summed E-state index contributed by atoms with van der Waals surface area (Å²) in [5.41, 5.74) is 8.25. The zero-order chi connectivity index (χ0) is 12.8. The normalized spacial score (nSPS) is 19.1. The molecule has 1 unspecified atom stereocenters. The van der Waals surface area contributed by atoms with Gasteiger partial charge in [0, 0.05) is 31.3 Å². The Hall–Kier alpha value is -1.06. The Labute approximate surface area is 110 Å². The van der Waals surface area contributed by atoms with Crippen molar-refractivity contribution in [2.45, 2.75) is 19.8 Å². The van der Waals surface area contributed by atoms with Crippen molar-refractivity contribution < 1.29 is 4.74 Å².